The Morgan fingerprint density at radius 1 is 1.00 bits per heavy atom. The van der Waals surface area contributed by atoms with Crippen molar-refractivity contribution in [3.63, 3.8) is 0 Å². The Kier molecular flexibility index (Phi) is 5.06. The second kappa shape index (κ2) is 7.23. The summed E-state index contributed by atoms with van der Waals surface area (Å²) in [5, 5.41) is 2.50. The molecule has 0 aromatic heterocycles. The van der Waals surface area contributed by atoms with E-state index in [1.807, 2.05) is 31.2 Å². The molecule has 1 heterocycles. The van der Waals surface area contributed by atoms with Gasteiger partial charge in [0.25, 0.3) is 0 Å². The highest BCUT2D eigenvalue weighted by atomic mass is 32.2. The molecule has 0 spiro atoms. The van der Waals surface area contributed by atoms with Crippen LogP contribution in [0.3, 0.4) is 0 Å². The van der Waals surface area contributed by atoms with Crippen LogP contribution in [0.2, 0.25) is 0 Å². The predicted molar refractivity (Wildman–Crippen MR) is 93.1 cm³/mol. The van der Waals surface area contributed by atoms with Gasteiger partial charge in [0.2, 0.25) is 9.84 Å². The highest BCUT2D eigenvalue weighted by molar-refractivity contribution is 7.91. The summed E-state index contributed by atoms with van der Waals surface area (Å²) < 4.78 is 35.4. The fourth-order valence-corrected chi connectivity index (χ4v) is 3.90. The zero-order valence-electron chi connectivity index (χ0n) is 13.6. The van der Waals surface area contributed by atoms with E-state index >= 15 is 0 Å². The average molecular weight is 347 g/mol. The molecule has 1 fully saturated rings. The second-order valence-electron chi connectivity index (χ2n) is 5.90. The van der Waals surface area contributed by atoms with Gasteiger partial charge in [-0.15, -0.1) is 0 Å². The third-order valence-corrected chi connectivity index (χ3v) is 5.63. The molecule has 1 N–H and O–H groups in total. The first kappa shape index (κ1) is 16.8. The molecule has 0 aliphatic carbocycles. The largest absolute Gasteiger partial charge is 0.478 e. The quantitative estimate of drug-likeness (QED) is 0.869. The Morgan fingerprint density at radius 2 is 1.58 bits per heavy atom. The highest BCUT2D eigenvalue weighted by Gasteiger charge is 2.28. The molecule has 2 aromatic rings. The lowest BCUT2D eigenvalue weighted by Crippen LogP contribution is -2.34. The molecule has 24 heavy (non-hydrogen) atoms. The van der Waals surface area contributed by atoms with Gasteiger partial charge in [0, 0.05) is 0 Å². The van der Waals surface area contributed by atoms with Crippen molar-refractivity contribution in [2.24, 2.45) is 0 Å². The van der Waals surface area contributed by atoms with Gasteiger partial charge in [-0.25, -0.2) is 8.42 Å². The molecule has 0 amide bonds. The Balaban J connectivity index is 1.57. The minimum atomic E-state index is -3.29. The summed E-state index contributed by atoms with van der Waals surface area (Å²) in [4.78, 5) is 0. The monoisotopic (exact) mass is 347 g/mol. The SMILES string of the molecule is Cc1ccc(Oc2ccc(OCS(=O)(=O)C3CCCN3)cc2)cc1. The summed E-state index contributed by atoms with van der Waals surface area (Å²) in [6, 6.07) is 14.7. The van der Waals surface area contributed by atoms with E-state index in [1.54, 1.807) is 24.3 Å². The van der Waals surface area contributed by atoms with Crippen molar-refractivity contribution in [2.75, 3.05) is 12.5 Å². The number of hydrogen-bond donors (Lipinski definition) is 1. The number of sulfone groups is 1. The van der Waals surface area contributed by atoms with E-state index in [4.69, 9.17) is 9.47 Å². The molecule has 2 aromatic carbocycles. The lowest BCUT2D eigenvalue weighted by atomic mass is 10.2. The van der Waals surface area contributed by atoms with Crippen LogP contribution in [0, 0.1) is 6.92 Å². The van der Waals surface area contributed by atoms with Gasteiger partial charge in [-0.1, -0.05) is 17.7 Å². The van der Waals surface area contributed by atoms with Crippen molar-refractivity contribution in [3.8, 4) is 17.2 Å². The van der Waals surface area contributed by atoms with Crippen molar-refractivity contribution in [1.29, 1.82) is 0 Å². The zero-order chi connectivity index (χ0) is 17.0. The Labute approximate surface area is 142 Å². The van der Waals surface area contributed by atoms with E-state index in [1.165, 1.54) is 5.56 Å². The molecule has 0 saturated carbocycles. The lowest BCUT2D eigenvalue weighted by molar-refractivity contribution is 0.372. The highest BCUT2D eigenvalue weighted by Crippen LogP contribution is 2.24. The van der Waals surface area contributed by atoms with Crippen LogP contribution >= 0.6 is 0 Å². The van der Waals surface area contributed by atoms with Gasteiger partial charge >= 0.3 is 0 Å². The molecule has 5 nitrogen and oxygen atoms in total. The van der Waals surface area contributed by atoms with Gasteiger partial charge in [0.15, 0.2) is 5.94 Å². The van der Waals surface area contributed by atoms with Crippen LogP contribution in [0.15, 0.2) is 48.5 Å². The van der Waals surface area contributed by atoms with Crippen LogP contribution in [-0.4, -0.2) is 26.3 Å². The van der Waals surface area contributed by atoms with Crippen molar-refractivity contribution in [3.05, 3.63) is 54.1 Å². The van der Waals surface area contributed by atoms with Crippen LogP contribution in [0.4, 0.5) is 0 Å². The van der Waals surface area contributed by atoms with Gasteiger partial charge in [-0.2, -0.15) is 0 Å². The Hall–Kier alpha value is -2.05. The van der Waals surface area contributed by atoms with Crippen molar-refractivity contribution < 1.29 is 17.9 Å². The van der Waals surface area contributed by atoms with Crippen LogP contribution in [0.25, 0.3) is 0 Å². The second-order valence-corrected chi connectivity index (χ2v) is 8.03. The van der Waals surface area contributed by atoms with E-state index in [9.17, 15) is 8.42 Å². The summed E-state index contributed by atoms with van der Waals surface area (Å²) >= 11 is 0. The predicted octanol–water partition coefficient (Wildman–Crippen LogP) is 3.25. The van der Waals surface area contributed by atoms with E-state index in [0.29, 0.717) is 17.9 Å². The molecular formula is C18H21NO4S. The van der Waals surface area contributed by atoms with E-state index in [0.717, 1.165) is 18.7 Å². The number of nitrogens with one attached hydrogen (secondary N) is 1. The fraction of sp³-hybridized carbons (Fsp3) is 0.333. The topological polar surface area (TPSA) is 64.6 Å². The van der Waals surface area contributed by atoms with Gasteiger partial charge in [-0.3, -0.25) is 0 Å². The van der Waals surface area contributed by atoms with E-state index in [2.05, 4.69) is 5.32 Å². The first-order valence-electron chi connectivity index (χ1n) is 7.95. The van der Waals surface area contributed by atoms with Crippen molar-refractivity contribution in [2.45, 2.75) is 25.1 Å². The van der Waals surface area contributed by atoms with E-state index < -0.39 is 15.2 Å². The lowest BCUT2D eigenvalue weighted by Gasteiger charge is -2.13. The van der Waals surface area contributed by atoms with Crippen LogP contribution in [0.1, 0.15) is 18.4 Å². The van der Waals surface area contributed by atoms with Crippen molar-refractivity contribution in [1.82, 2.24) is 5.32 Å². The number of rotatable bonds is 6. The minimum absolute atomic E-state index is 0.317. The third-order valence-electron chi connectivity index (χ3n) is 3.92. The summed E-state index contributed by atoms with van der Waals surface area (Å²) in [5.74, 6) is 1.62. The first-order valence-corrected chi connectivity index (χ1v) is 9.67. The normalized spacial score (nSPS) is 17.6. The third kappa shape index (κ3) is 4.27. The maximum absolute atomic E-state index is 12.1. The first-order chi connectivity index (χ1) is 11.5. The smallest absolute Gasteiger partial charge is 0.200 e. The number of benzene rings is 2. The summed E-state index contributed by atoms with van der Waals surface area (Å²) in [6.45, 7) is 2.76. The standard InChI is InChI=1S/C18H21NO4S/c1-14-4-6-16(7-5-14)23-17-10-8-15(9-11-17)22-13-24(20,21)18-3-2-12-19-18/h4-11,18-19H,2-3,12-13H2,1H3. The maximum Gasteiger partial charge on any atom is 0.200 e. The average Bonchev–Trinajstić information content (AvgIpc) is 3.12. The van der Waals surface area contributed by atoms with E-state index in [-0.39, 0.29) is 5.94 Å². The molecule has 0 radical (unpaired) electrons. The molecule has 128 valence electrons. The minimum Gasteiger partial charge on any atom is -0.478 e. The Morgan fingerprint density at radius 3 is 2.17 bits per heavy atom. The van der Waals surface area contributed by atoms with Gasteiger partial charge in [0.1, 0.15) is 22.6 Å². The molecule has 1 aliphatic rings. The fourth-order valence-electron chi connectivity index (χ4n) is 2.54. The number of ether oxygens (including phenoxy) is 2. The van der Waals surface area contributed by atoms with Crippen molar-refractivity contribution >= 4 is 9.84 Å². The van der Waals surface area contributed by atoms with Crippen LogP contribution < -0.4 is 14.8 Å². The van der Waals surface area contributed by atoms with Gasteiger partial charge < -0.3 is 14.8 Å². The zero-order valence-corrected chi connectivity index (χ0v) is 14.4. The molecule has 1 aliphatic heterocycles. The molecule has 1 saturated heterocycles. The summed E-state index contributed by atoms with van der Waals surface area (Å²) in [5.41, 5.74) is 1.17. The molecule has 1 unspecified atom stereocenters. The molecular weight excluding hydrogens is 326 g/mol. The maximum atomic E-state index is 12.1. The molecule has 1 atom stereocenters. The summed E-state index contributed by atoms with van der Waals surface area (Å²) in [6.07, 6.45) is 1.53. The van der Waals surface area contributed by atoms with Gasteiger partial charge in [-0.05, 0) is 62.7 Å². The molecule has 6 heteroatoms. The number of hydrogen-bond acceptors (Lipinski definition) is 5. The van der Waals surface area contributed by atoms with Crippen LogP contribution in [0.5, 0.6) is 17.2 Å². The summed E-state index contributed by atoms with van der Waals surface area (Å²) in [7, 11) is -3.29. The number of aryl methyl sites for hydroxylation is 1. The Bertz CT molecular complexity index is 764. The van der Waals surface area contributed by atoms with Gasteiger partial charge in [0.05, 0.1) is 0 Å². The van der Waals surface area contributed by atoms with Crippen LogP contribution in [-0.2, 0) is 9.84 Å². The molecule has 0 bridgehead atoms. The molecule has 3 rings (SSSR count).